The first-order chi connectivity index (χ1) is 12.5. The number of amides is 2. The number of nitrogens with zero attached hydrogens (tertiary/aromatic N) is 2. The van der Waals surface area contributed by atoms with Gasteiger partial charge < -0.3 is 15.4 Å². The molecule has 1 aromatic rings. The summed E-state index contributed by atoms with van der Waals surface area (Å²) >= 11 is 5.32. The van der Waals surface area contributed by atoms with Gasteiger partial charge in [-0.1, -0.05) is 12.1 Å². The van der Waals surface area contributed by atoms with Crippen molar-refractivity contribution in [2.24, 2.45) is 0 Å². The second-order valence-corrected chi connectivity index (χ2v) is 6.06. The molecule has 1 aliphatic rings. The maximum atomic E-state index is 12.9. The van der Waals surface area contributed by atoms with Crippen LogP contribution in [0.5, 0.6) is 0 Å². The Morgan fingerprint density at radius 1 is 1.19 bits per heavy atom. The Hall–Kier alpha value is -2.42. The third-order valence-electron chi connectivity index (χ3n) is 3.77. The molecule has 0 radical (unpaired) electrons. The highest BCUT2D eigenvalue weighted by Gasteiger charge is 2.28. The second-order valence-electron chi connectivity index (χ2n) is 5.67. The van der Waals surface area contributed by atoms with E-state index in [1.165, 1.54) is 17.1 Å². The number of nitrogens with one attached hydrogen (secondary N) is 2. The summed E-state index contributed by atoms with van der Waals surface area (Å²) < 4.78 is 17.8. The van der Waals surface area contributed by atoms with E-state index in [0.29, 0.717) is 37.9 Å². The summed E-state index contributed by atoms with van der Waals surface area (Å²) in [7, 11) is 0. The number of benzene rings is 1. The van der Waals surface area contributed by atoms with E-state index < -0.39 is 0 Å². The van der Waals surface area contributed by atoms with Gasteiger partial charge in [-0.25, -0.2) is 14.2 Å². The molecule has 1 saturated heterocycles. The van der Waals surface area contributed by atoms with Gasteiger partial charge in [0.05, 0.1) is 13.0 Å². The summed E-state index contributed by atoms with van der Waals surface area (Å²) in [5, 5.41) is 9.37. The van der Waals surface area contributed by atoms with Gasteiger partial charge in [0.25, 0.3) is 0 Å². The van der Waals surface area contributed by atoms with E-state index >= 15 is 0 Å². The van der Waals surface area contributed by atoms with Crippen LogP contribution in [0.25, 0.3) is 0 Å². The molecule has 0 aromatic heterocycles. The average Bonchev–Trinajstić information content (AvgIpc) is 3.11. The van der Waals surface area contributed by atoms with Gasteiger partial charge in [0.2, 0.25) is 0 Å². The van der Waals surface area contributed by atoms with Crippen LogP contribution < -0.4 is 10.6 Å². The molecule has 1 aliphatic heterocycles. The predicted molar refractivity (Wildman–Crippen MR) is 98.5 cm³/mol. The first-order valence-corrected chi connectivity index (χ1v) is 8.92. The molecule has 1 fully saturated rings. The Morgan fingerprint density at radius 3 is 2.58 bits per heavy atom. The first kappa shape index (κ1) is 19.9. The van der Waals surface area contributed by atoms with Crippen molar-refractivity contribution in [2.75, 3.05) is 26.2 Å². The fourth-order valence-corrected chi connectivity index (χ4v) is 2.79. The van der Waals surface area contributed by atoms with Gasteiger partial charge in [-0.05, 0) is 43.3 Å². The highest BCUT2D eigenvalue weighted by Crippen LogP contribution is 2.11. The number of hydrogen-bond donors (Lipinski definition) is 2. The SMILES string of the molecule is CCOC(=O)CCNC(=S)N1CCCN1C(=O)NCc1ccc(F)cc1. The molecule has 1 heterocycles. The number of halogens is 1. The molecule has 2 rings (SSSR count). The lowest BCUT2D eigenvalue weighted by Gasteiger charge is -2.30. The van der Waals surface area contributed by atoms with E-state index in [0.717, 1.165) is 12.0 Å². The number of hydrazine groups is 1. The van der Waals surface area contributed by atoms with Crippen LogP contribution in [-0.2, 0) is 16.1 Å². The van der Waals surface area contributed by atoms with Crippen molar-refractivity contribution < 1.29 is 18.7 Å². The zero-order valence-corrected chi connectivity index (χ0v) is 15.5. The lowest BCUT2D eigenvalue weighted by atomic mass is 10.2. The van der Waals surface area contributed by atoms with Crippen LogP contribution in [0.15, 0.2) is 24.3 Å². The van der Waals surface area contributed by atoms with Gasteiger partial charge in [-0.2, -0.15) is 0 Å². The van der Waals surface area contributed by atoms with Gasteiger partial charge in [-0.3, -0.25) is 9.80 Å². The number of hydrogen-bond acceptors (Lipinski definition) is 4. The van der Waals surface area contributed by atoms with Crippen LogP contribution in [0.3, 0.4) is 0 Å². The van der Waals surface area contributed by atoms with E-state index in [2.05, 4.69) is 10.6 Å². The van der Waals surface area contributed by atoms with Crippen LogP contribution in [0, 0.1) is 5.82 Å². The van der Waals surface area contributed by atoms with Crippen molar-refractivity contribution in [3.63, 3.8) is 0 Å². The highest BCUT2D eigenvalue weighted by atomic mass is 32.1. The number of esters is 1. The molecule has 7 nitrogen and oxygen atoms in total. The minimum absolute atomic E-state index is 0.207. The van der Waals surface area contributed by atoms with Crippen molar-refractivity contribution in [1.82, 2.24) is 20.7 Å². The molecule has 2 N–H and O–H groups in total. The molecular weight excluding hydrogens is 359 g/mol. The molecular formula is C17H23FN4O3S. The third kappa shape index (κ3) is 5.83. The number of urea groups is 1. The molecule has 0 saturated carbocycles. The summed E-state index contributed by atoms with van der Waals surface area (Å²) in [6.07, 6.45) is 1.00. The Bertz CT molecular complexity index is 641. The second kappa shape index (κ2) is 9.91. The van der Waals surface area contributed by atoms with Crippen molar-refractivity contribution >= 4 is 29.3 Å². The van der Waals surface area contributed by atoms with Crippen LogP contribution in [0.4, 0.5) is 9.18 Å². The molecule has 0 aliphatic carbocycles. The number of carbonyl (C=O) groups excluding carboxylic acids is 2. The monoisotopic (exact) mass is 382 g/mol. The maximum Gasteiger partial charge on any atom is 0.336 e. The summed E-state index contributed by atoms with van der Waals surface area (Å²) in [6, 6.07) is 5.68. The standard InChI is InChI=1S/C17H23FN4O3S/c1-2-25-15(23)8-9-19-17(26)22-11-3-10-21(22)16(24)20-12-13-4-6-14(18)7-5-13/h4-7H,2-3,8-12H2,1H3,(H,19,26)(H,20,24). The molecule has 142 valence electrons. The number of rotatable bonds is 6. The Kier molecular flexibility index (Phi) is 7.58. The van der Waals surface area contributed by atoms with Crippen LogP contribution in [0.2, 0.25) is 0 Å². The van der Waals surface area contributed by atoms with E-state index in [1.54, 1.807) is 24.1 Å². The molecule has 1 aromatic carbocycles. The number of ether oxygens (including phenoxy) is 1. The van der Waals surface area contributed by atoms with Crippen LogP contribution in [0.1, 0.15) is 25.3 Å². The molecule has 26 heavy (non-hydrogen) atoms. The average molecular weight is 382 g/mol. The lowest BCUT2D eigenvalue weighted by Crippen LogP contribution is -2.52. The zero-order chi connectivity index (χ0) is 18.9. The van der Waals surface area contributed by atoms with Gasteiger partial charge in [-0.15, -0.1) is 0 Å². The molecule has 2 amide bonds. The van der Waals surface area contributed by atoms with Gasteiger partial charge >= 0.3 is 12.0 Å². The molecule has 0 unspecified atom stereocenters. The van der Waals surface area contributed by atoms with Crippen molar-refractivity contribution in [1.29, 1.82) is 0 Å². The molecule has 0 atom stereocenters. The highest BCUT2D eigenvalue weighted by molar-refractivity contribution is 7.80. The third-order valence-corrected chi connectivity index (χ3v) is 4.12. The van der Waals surface area contributed by atoms with Gasteiger partial charge in [0, 0.05) is 26.2 Å². The summed E-state index contributed by atoms with van der Waals surface area (Å²) in [6.45, 7) is 3.91. The predicted octanol–water partition coefficient (Wildman–Crippen LogP) is 1.79. The van der Waals surface area contributed by atoms with Crippen LogP contribution in [-0.4, -0.2) is 53.4 Å². The summed E-state index contributed by atoms with van der Waals surface area (Å²) in [5.74, 6) is -0.608. The number of carbonyl (C=O) groups is 2. The smallest absolute Gasteiger partial charge is 0.336 e. The number of thiocarbonyl (C=S) groups is 1. The van der Waals surface area contributed by atoms with Crippen LogP contribution >= 0.6 is 12.2 Å². The topological polar surface area (TPSA) is 73.9 Å². The Labute approximate surface area is 157 Å². The van der Waals surface area contributed by atoms with E-state index in [-0.39, 0.29) is 24.2 Å². The molecule has 9 heteroatoms. The Balaban J connectivity index is 1.80. The van der Waals surface area contributed by atoms with Crippen molar-refractivity contribution in [2.45, 2.75) is 26.3 Å². The lowest BCUT2D eigenvalue weighted by molar-refractivity contribution is -0.142. The normalized spacial score (nSPS) is 13.5. The van der Waals surface area contributed by atoms with E-state index in [1.807, 2.05) is 0 Å². The quantitative estimate of drug-likeness (QED) is 0.577. The van der Waals surface area contributed by atoms with Crippen molar-refractivity contribution in [3.05, 3.63) is 35.6 Å². The fraction of sp³-hybridized carbons (Fsp3) is 0.471. The fourth-order valence-electron chi connectivity index (χ4n) is 2.50. The van der Waals surface area contributed by atoms with Gasteiger partial charge in [0.1, 0.15) is 5.82 Å². The largest absolute Gasteiger partial charge is 0.466 e. The minimum Gasteiger partial charge on any atom is -0.466 e. The summed E-state index contributed by atoms with van der Waals surface area (Å²) in [4.78, 5) is 23.7. The van der Waals surface area contributed by atoms with E-state index in [9.17, 15) is 14.0 Å². The van der Waals surface area contributed by atoms with E-state index in [4.69, 9.17) is 17.0 Å². The molecule has 0 spiro atoms. The first-order valence-electron chi connectivity index (χ1n) is 8.52. The zero-order valence-electron chi connectivity index (χ0n) is 14.7. The van der Waals surface area contributed by atoms with Gasteiger partial charge in [0.15, 0.2) is 5.11 Å². The summed E-state index contributed by atoms with van der Waals surface area (Å²) in [5.41, 5.74) is 0.806. The maximum absolute atomic E-state index is 12.9. The van der Waals surface area contributed by atoms with Crippen molar-refractivity contribution in [3.8, 4) is 0 Å². The Morgan fingerprint density at radius 2 is 1.88 bits per heavy atom. The molecule has 0 bridgehead atoms. The minimum atomic E-state index is -0.315.